The lowest BCUT2D eigenvalue weighted by Gasteiger charge is -2.53. The number of aryl methyl sites for hydroxylation is 1. The van der Waals surface area contributed by atoms with Crippen molar-refractivity contribution < 1.29 is 4.52 Å². The van der Waals surface area contributed by atoms with Gasteiger partial charge in [-0.25, -0.2) is 0 Å². The van der Waals surface area contributed by atoms with E-state index in [0.29, 0.717) is 17.8 Å². The molecule has 0 bridgehead atoms. The van der Waals surface area contributed by atoms with Gasteiger partial charge in [0.1, 0.15) is 5.70 Å². The van der Waals surface area contributed by atoms with Gasteiger partial charge in [-0.3, -0.25) is 4.90 Å². The van der Waals surface area contributed by atoms with Crippen molar-refractivity contribution in [1.29, 1.82) is 0 Å². The van der Waals surface area contributed by atoms with Crippen LogP contribution in [0.3, 0.4) is 0 Å². The summed E-state index contributed by atoms with van der Waals surface area (Å²) < 4.78 is 8.09. The molecule has 0 aliphatic carbocycles. The van der Waals surface area contributed by atoms with E-state index in [1.165, 1.54) is 41.5 Å². The first kappa shape index (κ1) is 15.6. The summed E-state index contributed by atoms with van der Waals surface area (Å²) in [5.41, 5.74) is 5.48. The van der Waals surface area contributed by atoms with Gasteiger partial charge in [-0.1, -0.05) is 30.3 Å². The minimum Gasteiger partial charge on any atom is -0.332 e. The molecule has 138 valence electrons. The van der Waals surface area contributed by atoms with Crippen LogP contribution in [0, 0.1) is 12.3 Å². The van der Waals surface area contributed by atoms with Gasteiger partial charge in [-0.15, -0.1) is 0 Å². The fraction of sp³-hybridized carbons (Fsp3) is 0.455. The Kier molecular flexibility index (Phi) is 3.08. The predicted molar refractivity (Wildman–Crippen MR) is 104 cm³/mol. The quantitative estimate of drug-likeness (QED) is 0.683. The van der Waals surface area contributed by atoms with Crippen molar-refractivity contribution in [2.75, 3.05) is 13.1 Å². The normalized spacial score (nSPS) is 26.9. The number of benzene rings is 1. The van der Waals surface area contributed by atoms with Crippen LogP contribution in [-0.2, 0) is 6.42 Å². The molecule has 2 atom stereocenters. The Bertz CT molecular complexity index is 1090. The average molecular weight is 360 g/mol. The van der Waals surface area contributed by atoms with Gasteiger partial charge < -0.3 is 9.09 Å². The minimum atomic E-state index is 0.148. The van der Waals surface area contributed by atoms with Gasteiger partial charge >= 0.3 is 0 Å². The number of para-hydroxylation sites is 1. The molecular formula is C22H24N4O. The van der Waals surface area contributed by atoms with E-state index in [1.807, 2.05) is 6.92 Å². The van der Waals surface area contributed by atoms with Crippen molar-refractivity contribution in [2.45, 2.75) is 45.6 Å². The standard InChI is InChI=1S/C22H24N4O/c1-3-22-10-6-11-25-12-9-16-15-7-4-5-8-17(15)26(19(16)20(22)25)18(13-22)21-23-14(2)24-27-21/h4-5,7-8,13,20H,3,6,9-12H2,1-2H3/t20-,22+/m1/s1. The molecule has 5 heteroatoms. The van der Waals surface area contributed by atoms with Gasteiger partial charge in [0.05, 0.1) is 11.6 Å². The van der Waals surface area contributed by atoms with Crippen molar-refractivity contribution in [2.24, 2.45) is 5.41 Å². The first-order valence-electron chi connectivity index (χ1n) is 10.1. The zero-order valence-corrected chi connectivity index (χ0v) is 15.9. The molecule has 0 radical (unpaired) electrons. The lowest BCUT2D eigenvalue weighted by Crippen LogP contribution is -2.50. The number of piperidine rings is 1. The Morgan fingerprint density at radius 1 is 1.26 bits per heavy atom. The molecule has 1 saturated heterocycles. The van der Waals surface area contributed by atoms with Gasteiger partial charge in [0.2, 0.25) is 0 Å². The van der Waals surface area contributed by atoms with Crippen molar-refractivity contribution >= 4 is 16.6 Å². The molecule has 1 aromatic carbocycles. The number of fused-ring (bicyclic) bond motifs is 3. The molecule has 6 rings (SSSR count). The van der Waals surface area contributed by atoms with Gasteiger partial charge in [0, 0.05) is 23.0 Å². The molecular weight excluding hydrogens is 336 g/mol. The first-order chi connectivity index (χ1) is 13.2. The molecule has 0 saturated carbocycles. The topological polar surface area (TPSA) is 47.1 Å². The second kappa shape index (κ2) is 5.32. The van der Waals surface area contributed by atoms with Crippen LogP contribution >= 0.6 is 0 Å². The summed E-state index contributed by atoms with van der Waals surface area (Å²) in [6, 6.07) is 9.26. The lowest BCUT2D eigenvalue weighted by molar-refractivity contribution is 0.0269. The predicted octanol–water partition coefficient (Wildman–Crippen LogP) is 4.32. The number of rotatable bonds is 2. The zero-order chi connectivity index (χ0) is 18.2. The zero-order valence-electron chi connectivity index (χ0n) is 15.9. The Morgan fingerprint density at radius 2 is 2.15 bits per heavy atom. The summed E-state index contributed by atoms with van der Waals surface area (Å²) in [5.74, 6) is 1.33. The van der Waals surface area contributed by atoms with Gasteiger partial charge in [-0.05, 0) is 56.9 Å². The Labute approximate surface area is 158 Å². The molecule has 5 heterocycles. The van der Waals surface area contributed by atoms with Crippen molar-refractivity contribution in [3.8, 4) is 0 Å². The summed E-state index contributed by atoms with van der Waals surface area (Å²) in [7, 11) is 0. The highest BCUT2D eigenvalue weighted by Gasteiger charge is 2.50. The maximum Gasteiger partial charge on any atom is 0.274 e. The molecule has 0 amide bonds. The smallest absolute Gasteiger partial charge is 0.274 e. The van der Waals surface area contributed by atoms with Gasteiger partial charge in [0.15, 0.2) is 5.82 Å². The SMILES string of the molecule is CC[C@@]12C=C(c3nc(C)no3)n3c4c(c5ccccc53)CCN(CCC1)[C@H]42. The van der Waals surface area contributed by atoms with Crippen LogP contribution in [0.2, 0.25) is 0 Å². The maximum atomic E-state index is 5.67. The van der Waals surface area contributed by atoms with Crippen LogP contribution in [-0.4, -0.2) is 32.7 Å². The summed E-state index contributed by atoms with van der Waals surface area (Å²) >= 11 is 0. The van der Waals surface area contributed by atoms with Crippen LogP contribution < -0.4 is 0 Å². The van der Waals surface area contributed by atoms with Crippen LogP contribution in [0.1, 0.15) is 55.2 Å². The Hall–Kier alpha value is -2.40. The van der Waals surface area contributed by atoms with Crippen molar-refractivity contribution in [3.63, 3.8) is 0 Å². The van der Waals surface area contributed by atoms with E-state index in [1.54, 1.807) is 0 Å². The molecule has 1 fully saturated rings. The third kappa shape index (κ3) is 1.93. The maximum absolute atomic E-state index is 5.67. The fourth-order valence-electron chi connectivity index (χ4n) is 5.84. The molecule has 0 spiro atoms. The Morgan fingerprint density at radius 3 is 2.96 bits per heavy atom. The lowest BCUT2D eigenvalue weighted by atomic mass is 9.66. The second-order valence-corrected chi connectivity index (χ2v) is 8.27. The summed E-state index contributed by atoms with van der Waals surface area (Å²) in [6.07, 6.45) is 7.20. The highest BCUT2D eigenvalue weighted by atomic mass is 16.5. The van der Waals surface area contributed by atoms with Gasteiger partial charge in [-0.2, -0.15) is 4.98 Å². The monoisotopic (exact) mass is 360 g/mol. The number of hydrogen-bond acceptors (Lipinski definition) is 4. The molecule has 3 aromatic rings. The van der Waals surface area contributed by atoms with E-state index in [0.717, 1.165) is 25.1 Å². The molecule has 2 aromatic heterocycles. The van der Waals surface area contributed by atoms with Crippen LogP contribution in [0.4, 0.5) is 0 Å². The molecule has 3 aliphatic heterocycles. The Balaban J connectivity index is 1.73. The third-order valence-electron chi connectivity index (χ3n) is 7.00. The highest BCUT2D eigenvalue weighted by Crippen LogP contribution is 2.57. The molecule has 0 N–H and O–H groups in total. The summed E-state index contributed by atoms with van der Waals surface area (Å²) in [5, 5.41) is 5.46. The molecule has 27 heavy (non-hydrogen) atoms. The minimum absolute atomic E-state index is 0.148. The second-order valence-electron chi connectivity index (χ2n) is 8.27. The number of hydrogen-bond donors (Lipinski definition) is 0. The number of nitrogens with zero attached hydrogens (tertiary/aromatic N) is 4. The van der Waals surface area contributed by atoms with Gasteiger partial charge in [0.25, 0.3) is 5.89 Å². The van der Waals surface area contributed by atoms with Crippen LogP contribution in [0.5, 0.6) is 0 Å². The van der Waals surface area contributed by atoms with Crippen LogP contribution in [0.25, 0.3) is 16.6 Å². The molecule has 0 unspecified atom stereocenters. The van der Waals surface area contributed by atoms with Crippen molar-refractivity contribution in [3.05, 3.63) is 53.3 Å². The summed E-state index contributed by atoms with van der Waals surface area (Å²) in [6.45, 7) is 6.59. The largest absolute Gasteiger partial charge is 0.332 e. The average Bonchev–Trinajstić information content (AvgIpc) is 3.28. The number of aromatic nitrogens is 3. The van der Waals surface area contributed by atoms with Crippen LogP contribution in [0.15, 0.2) is 34.9 Å². The van der Waals surface area contributed by atoms with E-state index >= 15 is 0 Å². The fourth-order valence-corrected chi connectivity index (χ4v) is 5.84. The summed E-state index contributed by atoms with van der Waals surface area (Å²) in [4.78, 5) is 7.33. The third-order valence-corrected chi connectivity index (χ3v) is 7.00. The first-order valence-corrected chi connectivity index (χ1v) is 10.1. The van der Waals surface area contributed by atoms with E-state index in [2.05, 4.69) is 56.9 Å². The van der Waals surface area contributed by atoms with E-state index in [-0.39, 0.29) is 5.41 Å². The van der Waals surface area contributed by atoms with E-state index in [9.17, 15) is 0 Å². The molecule has 5 nitrogen and oxygen atoms in total. The van der Waals surface area contributed by atoms with E-state index in [4.69, 9.17) is 4.52 Å². The molecule has 3 aliphatic rings. The van der Waals surface area contributed by atoms with E-state index < -0.39 is 0 Å². The highest BCUT2D eigenvalue weighted by molar-refractivity contribution is 5.91. The van der Waals surface area contributed by atoms with Crippen molar-refractivity contribution in [1.82, 2.24) is 19.6 Å².